The lowest BCUT2D eigenvalue weighted by Crippen LogP contribution is -2.46. The number of nitrogens with one attached hydrogen (secondary N) is 1. The van der Waals surface area contributed by atoms with E-state index in [0.717, 1.165) is 0 Å². The topological polar surface area (TPSA) is 118 Å². The van der Waals surface area contributed by atoms with Crippen molar-refractivity contribution in [1.29, 1.82) is 0 Å². The molecule has 0 fully saturated rings. The van der Waals surface area contributed by atoms with Crippen molar-refractivity contribution < 1.29 is 28.3 Å². The smallest absolute Gasteiger partial charge is 0.260 e. The molecule has 1 heterocycles. The van der Waals surface area contributed by atoms with Crippen molar-refractivity contribution in [3.63, 3.8) is 0 Å². The highest BCUT2D eigenvalue weighted by Gasteiger charge is 2.31. The van der Waals surface area contributed by atoms with Gasteiger partial charge in [-0.15, -0.1) is 0 Å². The van der Waals surface area contributed by atoms with Crippen molar-refractivity contribution in [2.24, 2.45) is 5.73 Å². The molecule has 0 bridgehead atoms. The number of ether oxygens (including phenoxy) is 4. The van der Waals surface area contributed by atoms with Crippen LogP contribution in [0.1, 0.15) is 6.42 Å². The number of anilines is 1. The van der Waals surface area contributed by atoms with Crippen LogP contribution in [0.3, 0.4) is 0 Å². The molecular formula is C24H28ClN3O6S. The van der Waals surface area contributed by atoms with Crippen molar-refractivity contribution in [3.05, 3.63) is 36.5 Å². The minimum absolute atomic E-state index is 0.306. The van der Waals surface area contributed by atoms with Gasteiger partial charge in [-0.3, -0.25) is 4.79 Å². The number of benzene rings is 2. The van der Waals surface area contributed by atoms with Gasteiger partial charge in [0.15, 0.2) is 22.3 Å². The molecule has 2 aromatic carbocycles. The van der Waals surface area contributed by atoms with Crippen LogP contribution in [0.25, 0.3) is 22.5 Å². The van der Waals surface area contributed by atoms with E-state index in [4.69, 9.17) is 40.8 Å². The van der Waals surface area contributed by atoms with E-state index in [1.807, 2.05) is 12.3 Å². The Hall–Kier alpha value is -3.08. The minimum Gasteiger partial charge on any atom is -0.495 e. The van der Waals surface area contributed by atoms with Crippen LogP contribution in [0.15, 0.2) is 41.1 Å². The molecule has 1 unspecified atom stereocenters. The lowest BCUT2D eigenvalue weighted by molar-refractivity contribution is -0.118. The Morgan fingerprint density at radius 3 is 2.29 bits per heavy atom. The van der Waals surface area contributed by atoms with E-state index in [1.54, 1.807) is 42.2 Å². The lowest BCUT2D eigenvalue weighted by atomic mass is 10.0. The van der Waals surface area contributed by atoms with Crippen molar-refractivity contribution >= 4 is 35.0 Å². The van der Waals surface area contributed by atoms with Crippen LogP contribution < -0.4 is 30.0 Å². The van der Waals surface area contributed by atoms with Crippen molar-refractivity contribution in [3.8, 4) is 45.4 Å². The van der Waals surface area contributed by atoms with Crippen LogP contribution in [0.5, 0.6) is 23.0 Å². The van der Waals surface area contributed by atoms with Gasteiger partial charge in [-0.1, -0.05) is 22.8 Å². The molecule has 0 spiro atoms. The predicted octanol–water partition coefficient (Wildman–Crippen LogP) is 4.63. The summed E-state index contributed by atoms with van der Waals surface area (Å²) in [6.07, 6.45) is 3.81. The van der Waals surface area contributed by atoms with Gasteiger partial charge in [0.2, 0.25) is 5.75 Å². The van der Waals surface area contributed by atoms with Crippen LogP contribution in [0.2, 0.25) is 0 Å². The number of carbonyl (C=O) groups is 1. The Kier molecular flexibility index (Phi) is 8.76. The number of amides is 1. The number of methoxy groups -OCH3 is 4. The molecule has 0 saturated heterocycles. The molecule has 0 saturated carbocycles. The monoisotopic (exact) mass is 521 g/mol. The maximum atomic E-state index is 12.8. The fraction of sp³-hybridized carbons (Fsp3) is 0.333. The molecule has 1 aromatic heterocycles. The van der Waals surface area contributed by atoms with Crippen LogP contribution >= 0.6 is 23.4 Å². The summed E-state index contributed by atoms with van der Waals surface area (Å²) in [6, 6.07) is 8.82. The number of rotatable bonds is 11. The third-order valence-corrected chi connectivity index (χ3v) is 6.28. The Balaban J connectivity index is 2.02. The number of carbonyl (C=O) groups excluding carboxylic acids is 1. The summed E-state index contributed by atoms with van der Waals surface area (Å²) in [5.74, 6) is 2.43. The minimum atomic E-state index is -1.55. The van der Waals surface area contributed by atoms with Gasteiger partial charge >= 0.3 is 0 Å². The van der Waals surface area contributed by atoms with Crippen LogP contribution in [0, 0.1) is 0 Å². The van der Waals surface area contributed by atoms with Crippen LogP contribution in [-0.2, 0) is 4.79 Å². The maximum absolute atomic E-state index is 12.8. The van der Waals surface area contributed by atoms with E-state index >= 15 is 0 Å². The summed E-state index contributed by atoms with van der Waals surface area (Å²) >= 11 is 7.85. The van der Waals surface area contributed by atoms with Gasteiger partial charge in [0.1, 0.15) is 5.75 Å². The van der Waals surface area contributed by atoms with Gasteiger partial charge in [-0.2, -0.15) is 11.8 Å². The Bertz CT molecular complexity index is 1160. The number of nitrogens with zero attached hydrogens (tertiary/aromatic N) is 1. The summed E-state index contributed by atoms with van der Waals surface area (Å²) in [4.78, 5) is 11.2. The summed E-state index contributed by atoms with van der Waals surface area (Å²) < 4.78 is 27.3. The largest absolute Gasteiger partial charge is 0.495 e. The van der Waals surface area contributed by atoms with Gasteiger partial charge in [-0.05, 0) is 48.3 Å². The van der Waals surface area contributed by atoms with Gasteiger partial charge in [0.05, 0.1) is 40.3 Å². The summed E-state index contributed by atoms with van der Waals surface area (Å²) in [5, 5.41) is 6.77. The molecule has 0 aliphatic rings. The number of nitrogens with two attached hydrogens (primary N) is 1. The zero-order valence-corrected chi connectivity index (χ0v) is 21.7. The highest BCUT2D eigenvalue weighted by atomic mass is 35.5. The highest BCUT2D eigenvalue weighted by molar-refractivity contribution is 7.98. The molecule has 11 heteroatoms. The van der Waals surface area contributed by atoms with Crippen molar-refractivity contribution in [2.75, 3.05) is 45.8 Å². The fourth-order valence-electron chi connectivity index (χ4n) is 3.43. The van der Waals surface area contributed by atoms with Gasteiger partial charge in [0, 0.05) is 11.1 Å². The summed E-state index contributed by atoms with van der Waals surface area (Å²) in [5.41, 5.74) is 8.49. The molecule has 3 rings (SSSR count). The molecule has 3 aromatic rings. The number of thioether (sulfide) groups is 1. The zero-order chi connectivity index (χ0) is 25.6. The van der Waals surface area contributed by atoms with E-state index in [9.17, 15) is 4.79 Å². The Morgan fingerprint density at radius 1 is 1.06 bits per heavy atom. The van der Waals surface area contributed by atoms with Crippen LogP contribution in [0.4, 0.5) is 5.69 Å². The molecular weight excluding hydrogens is 494 g/mol. The third kappa shape index (κ3) is 5.77. The molecule has 188 valence electrons. The van der Waals surface area contributed by atoms with Gasteiger partial charge < -0.3 is 34.5 Å². The van der Waals surface area contributed by atoms with E-state index in [0.29, 0.717) is 63.3 Å². The second kappa shape index (κ2) is 11.6. The van der Waals surface area contributed by atoms with Crippen molar-refractivity contribution in [1.82, 2.24) is 5.16 Å². The van der Waals surface area contributed by atoms with Gasteiger partial charge in [0.25, 0.3) is 5.91 Å². The molecule has 35 heavy (non-hydrogen) atoms. The standard InChI is InChI=1S/C24H28ClN3O6S/c1-30-18-7-6-14(10-17(18)28-23(29)24(25,26)8-9-35-5)16-13-27-34-21(16)15-11-19(31-2)22(33-4)20(12-15)32-3/h6-7,10-13H,8-9,26H2,1-5H3,(H,28,29). The number of aromatic nitrogens is 1. The highest BCUT2D eigenvalue weighted by Crippen LogP contribution is 2.44. The second-order valence-electron chi connectivity index (χ2n) is 7.46. The van der Waals surface area contributed by atoms with E-state index in [1.165, 1.54) is 28.4 Å². The number of hydrogen-bond donors (Lipinski definition) is 2. The molecule has 1 atom stereocenters. The summed E-state index contributed by atoms with van der Waals surface area (Å²) in [7, 11) is 6.11. The number of alkyl halides is 1. The molecule has 1 amide bonds. The number of hydrogen-bond acceptors (Lipinski definition) is 9. The van der Waals surface area contributed by atoms with Crippen LogP contribution in [-0.4, -0.2) is 56.5 Å². The molecule has 0 aliphatic carbocycles. The predicted molar refractivity (Wildman–Crippen MR) is 138 cm³/mol. The SMILES string of the molecule is COc1ccc(-c2cnoc2-c2cc(OC)c(OC)c(OC)c2)cc1NC(=O)C(N)(Cl)CCSC. The first-order valence-corrected chi connectivity index (χ1v) is 12.3. The normalized spacial score (nSPS) is 12.5. The lowest BCUT2D eigenvalue weighted by Gasteiger charge is -2.21. The Labute approximate surface area is 213 Å². The first-order chi connectivity index (χ1) is 16.8. The quantitative estimate of drug-likeness (QED) is 0.275. The van der Waals surface area contributed by atoms with E-state index in [-0.39, 0.29) is 0 Å². The zero-order valence-electron chi connectivity index (χ0n) is 20.1. The third-order valence-electron chi connectivity index (χ3n) is 5.30. The fourth-order valence-corrected chi connectivity index (χ4v) is 4.21. The molecule has 0 aliphatic heterocycles. The Morgan fingerprint density at radius 2 is 1.71 bits per heavy atom. The average Bonchev–Trinajstić information content (AvgIpc) is 3.36. The average molecular weight is 522 g/mol. The van der Waals surface area contributed by atoms with Crippen molar-refractivity contribution in [2.45, 2.75) is 11.4 Å². The van der Waals surface area contributed by atoms with E-state index < -0.39 is 10.9 Å². The molecule has 0 radical (unpaired) electrons. The maximum Gasteiger partial charge on any atom is 0.260 e. The second-order valence-corrected chi connectivity index (χ2v) is 9.12. The summed E-state index contributed by atoms with van der Waals surface area (Å²) in [6.45, 7) is 0. The first kappa shape index (κ1) is 26.5. The molecule has 3 N–H and O–H groups in total. The number of halogens is 1. The van der Waals surface area contributed by atoms with Gasteiger partial charge in [-0.25, -0.2) is 0 Å². The molecule has 9 nitrogen and oxygen atoms in total. The first-order valence-electron chi connectivity index (χ1n) is 10.5. The van der Waals surface area contributed by atoms with E-state index in [2.05, 4.69) is 10.5 Å².